The highest BCUT2D eigenvalue weighted by Gasteiger charge is 2.39. The lowest BCUT2D eigenvalue weighted by Gasteiger charge is -2.40. The maximum Gasteiger partial charge on any atom is 0.573 e. The van der Waals surface area contributed by atoms with Gasteiger partial charge in [-0.2, -0.15) is 0 Å². The third-order valence-electron chi connectivity index (χ3n) is 4.30. The number of fused-ring (bicyclic) bond motifs is 1. The van der Waals surface area contributed by atoms with Crippen molar-refractivity contribution in [1.82, 2.24) is 5.32 Å². The first-order valence-electron chi connectivity index (χ1n) is 7.21. The number of rotatable bonds is 5. The first-order chi connectivity index (χ1) is 10.4. The van der Waals surface area contributed by atoms with Crippen LogP contribution in [0.4, 0.5) is 13.2 Å². The Kier molecular flexibility index (Phi) is 4.05. The predicted octanol–water partition coefficient (Wildman–Crippen LogP) is 2.17. The van der Waals surface area contributed by atoms with Gasteiger partial charge in [0.1, 0.15) is 5.75 Å². The average Bonchev–Trinajstić information content (AvgIpc) is 2.79. The summed E-state index contributed by atoms with van der Waals surface area (Å²) in [4.78, 5) is 0. The fourth-order valence-corrected chi connectivity index (χ4v) is 2.97. The molecule has 3 rings (SSSR count). The highest BCUT2D eigenvalue weighted by molar-refractivity contribution is 5.41. The van der Waals surface area contributed by atoms with E-state index in [1.165, 1.54) is 12.1 Å². The van der Waals surface area contributed by atoms with Crippen LogP contribution in [0.3, 0.4) is 0 Å². The van der Waals surface area contributed by atoms with E-state index >= 15 is 0 Å². The van der Waals surface area contributed by atoms with Crippen LogP contribution in [0, 0.1) is 5.41 Å². The SMILES string of the molecule is OCC1(CNC2CCc3ccc(OC(F)(F)F)cc32)COC1. The maximum absolute atomic E-state index is 12.3. The monoisotopic (exact) mass is 317 g/mol. The quantitative estimate of drug-likeness (QED) is 0.874. The molecule has 1 saturated heterocycles. The minimum atomic E-state index is -4.68. The number of hydrogen-bond donors (Lipinski definition) is 2. The molecule has 1 heterocycles. The fraction of sp³-hybridized carbons (Fsp3) is 0.600. The van der Waals surface area contributed by atoms with Gasteiger partial charge in [0.05, 0.1) is 25.2 Å². The lowest BCUT2D eigenvalue weighted by atomic mass is 9.86. The molecular weight excluding hydrogens is 299 g/mol. The highest BCUT2D eigenvalue weighted by atomic mass is 19.4. The molecule has 1 atom stereocenters. The second-order valence-electron chi connectivity index (χ2n) is 6.03. The molecule has 1 aromatic carbocycles. The molecule has 1 aromatic rings. The Labute approximate surface area is 126 Å². The van der Waals surface area contributed by atoms with Gasteiger partial charge in [0.15, 0.2) is 0 Å². The van der Waals surface area contributed by atoms with Crippen LogP contribution in [0.1, 0.15) is 23.6 Å². The summed E-state index contributed by atoms with van der Waals surface area (Å²) in [7, 11) is 0. The normalized spacial score (nSPS) is 23.0. The molecule has 1 fully saturated rings. The summed E-state index contributed by atoms with van der Waals surface area (Å²) in [6.07, 6.45) is -3.03. The van der Waals surface area contributed by atoms with Crippen molar-refractivity contribution in [2.45, 2.75) is 25.2 Å². The van der Waals surface area contributed by atoms with E-state index in [1.807, 2.05) is 0 Å². The van der Waals surface area contributed by atoms with Crippen LogP contribution in [0.25, 0.3) is 0 Å². The standard InChI is InChI=1S/C15H18F3NO3/c16-15(17,18)22-11-3-1-10-2-4-13(12(10)5-11)19-6-14(7-20)8-21-9-14/h1,3,5,13,19-20H,2,4,6-9H2. The average molecular weight is 317 g/mol. The summed E-state index contributed by atoms with van der Waals surface area (Å²) in [6.45, 7) is 1.63. The summed E-state index contributed by atoms with van der Waals surface area (Å²) in [5.41, 5.74) is 1.62. The third-order valence-corrected chi connectivity index (χ3v) is 4.30. The molecule has 22 heavy (non-hydrogen) atoms. The van der Waals surface area contributed by atoms with Crippen LogP contribution in [-0.2, 0) is 11.2 Å². The van der Waals surface area contributed by atoms with E-state index in [2.05, 4.69) is 10.1 Å². The van der Waals surface area contributed by atoms with Gasteiger partial charge < -0.3 is 19.9 Å². The zero-order valence-electron chi connectivity index (χ0n) is 11.9. The Hall–Kier alpha value is -1.31. The number of aliphatic hydroxyl groups is 1. The van der Waals surface area contributed by atoms with Gasteiger partial charge in [0, 0.05) is 12.6 Å². The van der Waals surface area contributed by atoms with E-state index in [1.54, 1.807) is 6.07 Å². The van der Waals surface area contributed by atoms with E-state index in [0.29, 0.717) is 19.8 Å². The van der Waals surface area contributed by atoms with E-state index in [-0.39, 0.29) is 23.8 Å². The van der Waals surface area contributed by atoms with Crippen molar-refractivity contribution in [3.63, 3.8) is 0 Å². The summed E-state index contributed by atoms with van der Waals surface area (Å²) < 4.78 is 46.1. The summed E-state index contributed by atoms with van der Waals surface area (Å²) >= 11 is 0. The zero-order valence-corrected chi connectivity index (χ0v) is 11.9. The largest absolute Gasteiger partial charge is 0.573 e. The number of aliphatic hydroxyl groups excluding tert-OH is 1. The molecule has 4 nitrogen and oxygen atoms in total. The number of halogens is 3. The van der Waals surface area contributed by atoms with Gasteiger partial charge in [0.25, 0.3) is 0 Å². The van der Waals surface area contributed by atoms with Gasteiger partial charge in [-0.3, -0.25) is 0 Å². The minimum absolute atomic E-state index is 0.0178. The van der Waals surface area contributed by atoms with Gasteiger partial charge in [-0.1, -0.05) is 6.07 Å². The first kappa shape index (κ1) is 15.6. The van der Waals surface area contributed by atoms with Crippen molar-refractivity contribution in [3.05, 3.63) is 29.3 Å². The van der Waals surface area contributed by atoms with Crippen molar-refractivity contribution in [1.29, 1.82) is 0 Å². The molecule has 0 spiro atoms. The number of hydrogen-bond acceptors (Lipinski definition) is 4. The number of benzene rings is 1. The molecule has 1 unspecified atom stereocenters. The van der Waals surface area contributed by atoms with Gasteiger partial charge in [-0.05, 0) is 36.1 Å². The van der Waals surface area contributed by atoms with Crippen molar-refractivity contribution in [3.8, 4) is 5.75 Å². The molecule has 7 heteroatoms. The number of aryl methyl sites for hydroxylation is 1. The van der Waals surface area contributed by atoms with Crippen LogP contribution in [0.5, 0.6) is 5.75 Å². The number of ether oxygens (including phenoxy) is 2. The molecule has 2 aliphatic rings. The minimum Gasteiger partial charge on any atom is -0.406 e. The van der Waals surface area contributed by atoms with E-state index in [4.69, 9.17) is 4.74 Å². The first-order valence-corrected chi connectivity index (χ1v) is 7.21. The molecule has 0 saturated carbocycles. The third kappa shape index (κ3) is 3.21. The lowest BCUT2D eigenvalue weighted by molar-refractivity contribution is -0.274. The lowest BCUT2D eigenvalue weighted by Crippen LogP contribution is -2.52. The molecular formula is C15H18F3NO3. The second kappa shape index (κ2) is 5.72. The Balaban J connectivity index is 1.68. The molecule has 1 aliphatic carbocycles. The second-order valence-corrected chi connectivity index (χ2v) is 6.03. The highest BCUT2D eigenvalue weighted by Crippen LogP contribution is 2.36. The van der Waals surface area contributed by atoms with Crippen molar-refractivity contribution in [2.24, 2.45) is 5.41 Å². The van der Waals surface area contributed by atoms with E-state index in [0.717, 1.165) is 24.0 Å². The van der Waals surface area contributed by atoms with E-state index < -0.39 is 6.36 Å². The summed E-state index contributed by atoms with van der Waals surface area (Å²) in [5, 5.41) is 12.8. The van der Waals surface area contributed by atoms with Crippen molar-refractivity contribution >= 4 is 0 Å². The van der Waals surface area contributed by atoms with Crippen LogP contribution < -0.4 is 10.1 Å². The maximum atomic E-state index is 12.3. The molecule has 0 aromatic heterocycles. The number of nitrogens with one attached hydrogen (secondary N) is 1. The van der Waals surface area contributed by atoms with E-state index in [9.17, 15) is 18.3 Å². The summed E-state index contributed by atoms with van der Waals surface area (Å²) in [6, 6.07) is 4.47. The Bertz CT molecular complexity index is 538. The van der Waals surface area contributed by atoms with Crippen LogP contribution in [0.2, 0.25) is 0 Å². The smallest absolute Gasteiger partial charge is 0.406 e. The van der Waals surface area contributed by atoms with Gasteiger partial charge in [0.2, 0.25) is 0 Å². The molecule has 122 valence electrons. The van der Waals surface area contributed by atoms with Gasteiger partial charge in [-0.15, -0.1) is 13.2 Å². The van der Waals surface area contributed by atoms with Gasteiger partial charge >= 0.3 is 6.36 Å². The zero-order chi connectivity index (χ0) is 15.8. The molecule has 0 radical (unpaired) electrons. The molecule has 0 amide bonds. The van der Waals surface area contributed by atoms with Crippen molar-refractivity contribution < 1.29 is 27.8 Å². The predicted molar refractivity (Wildman–Crippen MR) is 72.5 cm³/mol. The van der Waals surface area contributed by atoms with Crippen LogP contribution >= 0.6 is 0 Å². The molecule has 0 bridgehead atoms. The van der Waals surface area contributed by atoms with Crippen LogP contribution in [0.15, 0.2) is 18.2 Å². The van der Waals surface area contributed by atoms with Crippen LogP contribution in [-0.4, -0.2) is 37.8 Å². The topological polar surface area (TPSA) is 50.7 Å². The molecule has 2 N–H and O–H groups in total. The Morgan fingerprint density at radius 3 is 2.73 bits per heavy atom. The number of alkyl halides is 3. The Morgan fingerprint density at radius 1 is 1.36 bits per heavy atom. The van der Waals surface area contributed by atoms with Crippen molar-refractivity contribution in [2.75, 3.05) is 26.4 Å². The van der Waals surface area contributed by atoms with Gasteiger partial charge in [-0.25, -0.2) is 0 Å². The summed E-state index contributed by atoms with van der Waals surface area (Å²) in [5.74, 6) is -0.191. The fourth-order valence-electron chi connectivity index (χ4n) is 2.97. The molecule has 1 aliphatic heterocycles. The Morgan fingerprint density at radius 2 is 2.14 bits per heavy atom.